The number of hydrogen-bond donors (Lipinski definition) is 1. The second-order valence-electron chi connectivity index (χ2n) is 10.7. The van der Waals surface area contributed by atoms with Gasteiger partial charge in [-0.2, -0.15) is 0 Å². The van der Waals surface area contributed by atoms with E-state index >= 15 is 0 Å². The molecule has 2 saturated carbocycles. The lowest BCUT2D eigenvalue weighted by Crippen LogP contribution is -2.50. The molecule has 2 atom stereocenters. The van der Waals surface area contributed by atoms with Crippen molar-refractivity contribution in [3.05, 3.63) is 36.0 Å². The average Bonchev–Trinajstić information content (AvgIpc) is 2.81. The van der Waals surface area contributed by atoms with E-state index < -0.39 is 5.97 Å². The van der Waals surface area contributed by atoms with E-state index in [2.05, 4.69) is 42.2 Å². The topological polar surface area (TPSA) is 62.7 Å². The highest BCUT2D eigenvalue weighted by Gasteiger charge is 2.37. The maximum absolute atomic E-state index is 11.4. The van der Waals surface area contributed by atoms with Crippen molar-refractivity contribution in [2.24, 2.45) is 23.7 Å². The van der Waals surface area contributed by atoms with Crippen molar-refractivity contribution < 1.29 is 14.6 Å². The smallest absolute Gasteiger partial charge is 0.306 e. The van der Waals surface area contributed by atoms with Crippen molar-refractivity contribution in [2.45, 2.75) is 77.4 Å². The number of pyridine rings is 1. The summed E-state index contributed by atoms with van der Waals surface area (Å²) in [7, 11) is 0. The van der Waals surface area contributed by atoms with E-state index in [9.17, 15) is 9.90 Å². The van der Waals surface area contributed by atoms with E-state index in [-0.39, 0.29) is 5.92 Å². The first kappa shape index (κ1) is 22.6. The van der Waals surface area contributed by atoms with Crippen molar-refractivity contribution in [3.8, 4) is 5.75 Å². The zero-order valence-electron chi connectivity index (χ0n) is 19.9. The number of carboxylic acid groups (broad SMARTS) is 1. The first-order valence-corrected chi connectivity index (χ1v) is 13.1. The highest BCUT2D eigenvalue weighted by atomic mass is 16.5. The van der Waals surface area contributed by atoms with Crippen molar-refractivity contribution in [2.75, 3.05) is 13.1 Å². The summed E-state index contributed by atoms with van der Waals surface area (Å²) in [5.74, 6) is 2.36. The number of nitrogens with zero attached hydrogens (tertiary/aromatic N) is 2. The SMILES string of the molecule is CCC1CCC(Oc2ccc3nc(CN4CC(C5CCCC(C(=O)O)C5)C4)ccc3c2)CC1. The molecular weight excluding hydrogens is 412 g/mol. The Bertz CT molecular complexity index is 963. The number of aliphatic carboxylic acids is 1. The van der Waals surface area contributed by atoms with Crippen LogP contribution in [0.2, 0.25) is 0 Å². The van der Waals surface area contributed by atoms with Gasteiger partial charge in [-0.15, -0.1) is 0 Å². The van der Waals surface area contributed by atoms with Gasteiger partial charge in [0.05, 0.1) is 23.2 Å². The summed E-state index contributed by atoms with van der Waals surface area (Å²) in [5.41, 5.74) is 2.14. The molecule has 2 heterocycles. The average molecular weight is 451 g/mol. The first-order chi connectivity index (χ1) is 16.1. The highest BCUT2D eigenvalue weighted by Crippen LogP contribution is 2.38. The minimum absolute atomic E-state index is 0.125. The fraction of sp³-hybridized carbons (Fsp3) is 0.643. The first-order valence-electron chi connectivity index (χ1n) is 13.1. The summed E-state index contributed by atoms with van der Waals surface area (Å²) >= 11 is 0. The molecule has 3 fully saturated rings. The number of rotatable bonds is 7. The Balaban J connectivity index is 1.13. The molecule has 3 aliphatic rings. The molecule has 1 aromatic heterocycles. The van der Waals surface area contributed by atoms with Crippen molar-refractivity contribution >= 4 is 16.9 Å². The Labute approximate surface area is 197 Å². The molecule has 1 N–H and O–H groups in total. The van der Waals surface area contributed by atoms with Gasteiger partial charge in [0.2, 0.25) is 0 Å². The van der Waals surface area contributed by atoms with Crippen LogP contribution in [0.25, 0.3) is 10.9 Å². The van der Waals surface area contributed by atoms with Crippen LogP contribution in [-0.2, 0) is 11.3 Å². The second kappa shape index (κ2) is 10.0. The Morgan fingerprint density at radius 1 is 1.06 bits per heavy atom. The number of benzene rings is 1. The zero-order chi connectivity index (χ0) is 22.8. The second-order valence-corrected chi connectivity index (χ2v) is 10.7. The highest BCUT2D eigenvalue weighted by molar-refractivity contribution is 5.80. The van der Waals surface area contributed by atoms with E-state index in [0.29, 0.717) is 17.9 Å². The molecule has 2 unspecified atom stereocenters. The third kappa shape index (κ3) is 5.34. The normalized spacial score (nSPS) is 29.0. The Hall–Kier alpha value is -2.14. The molecule has 2 aromatic rings. The van der Waals surface area contributed by atoms with E-state index in [1.165, 1.54) is 38.5 Å². The quantitative estimate of drug-likeness (QED) is 0.568. The van der Waals surface area contributed by atoms with Gasteiger partial charge >= 0.3 is 5.97 Å². The van der Waals surface area contributed by atoms with Gasteiger partial charge in [0.1, 0.15) is 5.75 Å². The Morgan fingerprint density at radius 2 is 1.88 bits per heavy atom. The lowest BCUT2D eigenvalue weighted by Gasteiger charge is -2.45. The molecule has 0 amide bonds. The van der Waals surface area contributed by atoms with Crippen LogP contribution in [-0.4, -0.2) is 40.2 Å². The fourth-order valence-corrected chi connectivity index (χ4v) is 6.30. The predicted octanol–water partition coefficient (Wildman–Crippen LogP) is 5.91. The third-order valence-corrected chi connectivity index (χ3v) is 8.49. The number of ether oxygens (including phenoxy) is 1. The van der Waals surface area contributed by atoms with E-state index in [1.54, 1.807) is 0 Å². The van der Waals surface area contributed by atoms with Gasteiger partial charge < -0.3 is 9.84 Å². The Kier molecular flexibility index (Phi) is 6.86. The van der Waals surface area contributed by atoms with E-state index in [0.717, 1.165) is 67.2 Å². The summed E-state index contributed by atoms with van der Waals surface area (Å²) in [6.45, 7) is 5.32. The van der Waals surface area contributed by atoms with E-state index in [4.69, 9.17) is 9.72 Å². The monoisotopic (exact) mass is 450 g/mol. The van der Waals surface area contributed by atoms with Gasteiger partial charge in [-0.05, 0) is 80.5 Å². The molecule has 0 spiro atoms. The van der Waals surface area contributed by atoms with Crippen LogP contribution in [0.1, 0.15) is 70.4 Å². The van der Waals surface area contributed by atoms with Gasteiger partial charge in [-0.3, -0.25) is 14.7 Å². The molecule has 2 aliphatic carbocycles. The van der Waals surface area contributed by atoms with Gasteiger partial charge in [0.15, 0.2) is 0 Å². The number of likely N-dealkylation sites (tertiary alicyclic amines) is 1. The number of aromatic nitrogens is 1. The van der Waals surface area contributed by atoms with Crippen LogP contribution in [0.5, 0.6) is 5.75 Å². The number of fused-ring (bicyclic) bond motifs is 1. The van der Waals surface area contributed by atoms with Crippen LogP contribution in [0, 0.1) is 23.7 Å². The molecule has 0 radical (unpaired) electrons. The maximum atomic E-state index is 11.4. The van der Waals surface area contributed by atoms with Crippen molar-refractivity contribution in [1.82, 2.24) is 9.88 Å². The molecule has 1 aliphatic heterocycles. The van der Waals surface area contributed by atoms with Crippen LogP contribution in [0.15, 0.2) is 30.3 Å². The largest absolute Gasteiger partial charge is 0.490 e. The van der Waals surface area contributed by atoms with E-state index in [1.807, 2.05) is 0 Å². The predicted molar refractivity (Wildman–Crippen MR) is 130 cm³/mol. The summed E-state index contributed by atoms with van der Waals surface area (Å²) in [6.07, 6.45) is 10.5. The summed E-state index contributed by atoms with van der Waals surface area (Å²) < 4.78 is 6.30. The van der Waals surface area contributed by atoms with Crippen LogP contribution < -0.4 is 4.74 Å². The van der Waals surface area contributed by atoms with Crippen molar-refractivity contribution in [1.29, 1.82) is 0 Å². The van der Waals surface area contributed by atoms with Crippen LogP contribution in [0.4, 0.5) is 0 Å². The molecule has 178 valence electrons. The van der Waals surface area contributed by atoms with Gasteiger partial charge in [-0.1, -0.05) is 32.3 Å². The zero-order valence-corrected chi connectivity index (χ0v) is 19.9. The molecule has 5 heteroatoms. The Morgan fingerprint density at radius 3 is 2.64 bits per heavy atom. The summed E-state index contributed by atoms with van der Waals surface area (Å²) in [4.78, 5) is 18.7. The number of carboxylic acids is 1. The standard InChI is InChI=1S/C28H38N2O3/c1-2-19-6-10-25(11-7-19)33-26-12-13-27-21(15-26)8-9-24(29-27)18-30-16-23(17-30)20-4-3-5-22(14-20)28(31)32/h8-9,12-13,15,19-20,22-23,25H,2-7,10-11,14,16-18H2,1H3,(H,31,32). The molecule has 5 nitrogen and oxygen atoms in total. The fourth-order valence-electron chi connectivity index (χ4n) is 6.30. The van der Waals surface area contributed by atoms with Gasteiger partial charge in [-0.25, -0.2) is 0 Å². The molecule has 33 heavy (non-hydrogen) atoms. The van der Waals surface area contributed by atoms with Crippen molar-refractivity contribution in [3.63, 3.8) is 0 Å². The van der Waals surface area contributed by atoms with Gasteiger partial charge in [0.25, 0.3) is 0 Å². The molecule has 5 rings (SSSR count). The summed E-state index contributed by atoms with van der Waals surface area (Å²) in [5, 5.41) is 10.5. The molecule has 1 aromatic carbocycles. The van der Waals surface area contributed by atoms with Crippen LogP contribution in [0.3, 0.4) is 0 Å². The molecule has 1 saturated heterocycles. The third-order valence-electron chi connectivity index (χ3n) is 8.49. The minimum atomic E-state index is -0.603. The molecular formula is C28H38N2O3. The van der Waals surface area contributed by atoms with Crippen LogP contribution >= 0.6 is 0 Å². The lowest BCUT2D eigenvalue weighted by molar-refractivity contribution is -0.144. The maximum Gasteiger partial charge on any atom is 0.306 e. The lowest BCUT2D eigenvalue weighted by atomic mass is 9.72. The number of carbonyl (C=O) groups is 1. The minimum Gasteiger partial charge on any atom is -0.490 e. The van der Waals surface area contributed by atoms with Gasteiger partial charge in [0, 0.05) is 25.0 Å². The number of hydrogen-bond acceptors (Lipinski definition) is 4. The molecule has 0 bridgehead atoms. The summed E-state index contributed by atoms with van der Waals surface area (Å²) in [6, 6.07) is 10.6.